The van der Waals surface area contributed by atoms with Crippen molar-refractivity contribution in [2.75, 3.05) is 37.6 Å². The van der Waals surface area contributed by atoms with E-state index in [1.54, 1.807) is 17.0 Å². The number of carbonyl (C=O) groups excluding carboxylic acids is 2. The van der Waals surface area contributed by atoms with Crippen LogP contribution in [0.2, 0.25) is 0 Å². The lowest BCUT2D eigenvalue weighted by Crippen LogP contribution is -2.55. The van der Waals surface area contributed by atoms with Gasteiger partial charge in [-0.25, -0.2) is 4.39 Å². The maximum absolute atomic E-state index is 13.9. The second-order valence-corrected chi connectivity index (χ2v) is 7.35. The molecule has 2 aliphatic heterocycles. The maximum atomic E-state index is 13.9. The summed E-state index contributed by atoms with van der Waals surface area (Å²) in [6, 6.07) is 13.8. The van der Waals surface area contributed by atoms with E-state index in [2.05, 4.69) is 11.0 Å². The number of benzene rings is 2. The lowest BCUT2D eigenvalue weighted by Gasteiger charge is -2.38. The second-order valence-electron chi connectivity index (χ2n) is 7.35. The van der Waals surface area contributed by atoms with Gasteiger partial charge in [0.1, 0.15) is 5.82 Å². The number of halogens is 1. The Balaban J connectivity index is 1.38. The molecule has 1 saturated heterocycles. The molecular weight excluding hydrogens is 357 g/mol. The van der Waals surface area contributed by atoms with Crippen LogP contribution in [0, 0.1) is 5.82 Å². The zero-order valence-electron chi connectivity index (χ0n) is 16.0. The molecule has 5 nitrogen and oxygen atoms in total. The van der Waals surface area contributed by atoms with E-state index in [4.69, 9.17) is 0 Å². The summed E-state index contributed by atoms with van der Waals surface area (Å²) < 4.78 is 13.9. The van der Waals surface area contributed by atoms with Gasteiger partial charge < -0.3 is 9.80 Å². The molecule has 1 atom stereocenters. The first-order chi connectivity index (χ1) is 13.6. The lowest BCUT2D eigenvalue weighted by molar-refractivity contribution is -0.123. The van der Waals surface area contributed by atoms with Crippen molar-refractivity contribution >= 4 is 17.5 Å². The molecule has 0 aliphatic carbocycles. The molecule has 0 saturated carbocycles. The highest BCUT2D eigenvalue weighted by Crippen LogP contribution is 2.28. The van der Waals surface area contributed by atoms with E-state index in [1.165, 1.54) is 17.7 Å². The first kappa shape index (κ1) is 18.6. The van der Waals surface area contributed by atoms with Crippen LogP contribution in [-0.2, 0) is 11.2 Å². The van der Waals surface area contributed by atoms with Crippen LogP contribution in [-0.4, -0.2) is 60.4 Å². The van der Waals surface area contributed by atoms with Crippen molar-refractivity contribution in [3.05, 3.63) is 65.5 Å². The van der Waals surface area contributed by atoms with Crippen molar-refractivity contribution in [1.29, 1.82) is 0 Å². The first-order valence-electron chi connectivity index (χ1n) is 9.73. The van der Waals surface area contributed by atoms with Crippen molar-refractivity contribution in [2.45, 2.75) is 19.4 Å². The summed E-state index contributed by atoms with van der Waals surface area (Å²) in [5, 5.41) is 0. The van der Waals surface area contributed by atoms with Crippen LogP contribution in [0.4, 0.5) is 10.1 Å². The minimum atomic E-state index is -0.494. The highest BCUT2D eigenvalue weighted by atomic mass is 19.1. The summed E-state index contributed by atoms with van der Waals surface area (Å²) in [6.45, 7) is 4.82. The molecule has 0 bridgehead atoms. The van der Waals surface area contributed by atoms with Crippen molar-refractivity contribution in [2.24, 2.45) is 0 Å². The number of hydrogen-bond acceptors (Lipinski definition) is 3. The Labute approximate surface area is 164 Å². The summed E-state index contributed by atoms with van der Waals surface area (Å²) in [5.74, 6) is -0.685. The summed E-state index contributed by atoms with van der Waals surface area (Å²) in [4.78, 5) is 31.3. The quantitative estimate of drug-likeness (QED) is 0.821. The van der Waals surface area contributed by atoms with E-state index in [1.807, 2.05) is 30.0 Å². The predicted octanol–water partition coefficient (Wildman–Crippen LogP) is 2.56. The molecule has 6 heteroatoms. The first-order valence-corrected chi connectivity index (χ1v) is 9.73. The third-order valence-corrected chi connectivity index (χ3v) is 5.76. The normalized spacial score (nSPS) is 18.1. The molecule has 0 N–H and O–H groups in total. The molecule has 2 aliphatic rings. The average molecular weight is 381 g/mol. The fourth-order valence-corrected chi connectivity index (χ4v) is 4.07. The third kappa shape index (κ3) is 3.40. The van der Waals surface area contributed by atoms with Gasteiger partial charge in [-0.2, -0.15) is 0 Å². The van der Waals surface area contributed by atoms with Gasteiger partial charge in [0.05, 0.1) is 11.6 Å². The van der Waals surface area contributed by atoms with Crippen LogP contribution in [0.25, 0.3) is 0 Å². The van der Waals surface area contributed by atoms with Gasteiger partial charge in [0, 0.05) is 38.4 Å². The number of anilines is 1. The van der Waals surface area contributed by atoms with Gasteiger partial charge in [0.15, 0.2) is 0 Å². The highest BCUT2D eigenvalue weighted by Gasteiger charge is 2.33. The number of para-hydroxylation sites is 1. The molecule has 28 heavy (non-hydrogen) atoms. The molecular formula is C22H24FN3O2. The Morgan fingerprint density at radius 1 is 0.929 bits per heavy atom. The van der Waals surface area contributed by atoms with Crippen molar-refractivity contribution in [3.63, 3.8) is 0 Å². The fraction of sp³-hybridized carbons (Fsp3) is 0.364. The second kappa shape index (κ2) is 7.72. The zero-order chi connectivity index (χ0) is 19.7. The summed E-state index contributed by atoms with van der Waals surface area (Å²) >= 11 is 0. The zero-order valence-corrected chi connectivity index (χ0v) is 16.0. The van der Waals surface area contributed by atoms with Gasteiger partial charge in [0.2, 0.25) is 5.91 Å². The van der Waals surface area contributed by atoms with Crippen molar-refractivity contribution in [3.8, 4) is 0 Å². The Bertz CT molecular complexity index is 893. The van der Waals surface area contributed by atoms with E-state index in [9.17, 15) is 14.0 Å². The van der Waals surface area contributed by atoms with E-state index in [-0.39, 0.29) is 23.4 Å². The Kier molecular flexibility index (Phi) is 5.13. The molecule has 0 unspecified atom stereocenters. The maximum Gasteiger partial charge on any atom is 0.256 e. The van der Waals surface area contributed by atoms with Gasteiger partial charge in [-0.3, -0.25) is 14.5 Å². The number of carbonyl (C=O) groups is 2. The van der Waals surface area contributed by atoms with E-state index in [0.717, 1.165) is 12.1 Å². The minimum Gasteiger partial charge on any atom is -0.336 e. The summed E-state index contributed by atoms with van der Waals surface area (Å²) in [5.41, 5.74) is 2.32. The van der Waals surface area contributed by atoms with Crippen LogP contribution in [0.15, 0.2) is 48.5 Å². The Morgan fingerprint density at radius 3 is 2.36 bits per heavy atom. The predicted molar refractivity (Wildman–Crippen MR) is 106 cm³/mol. The topological polar surface area (TPSA) is 43.9 Å². The van der Waals surface area contributed by atoms with E-state index < -0.39 is 5.82 Å². The molecule has 2 aromatic rings. The largest absolute Gasteiger partial charge is 0.336 e. The number of rotatable bonds is 3. The molecule has 2 aromatic carbocycles. The summed E-state index contributed by atoms with van der Waals surface area (Å²) in [7, 11) is 0. The SMILES string of the molecule is C[C@H](C(=O)N1CCc2ccccc21)N1CCN(C(=O)c2ccccc2F)CC1. The van der Waals surface area contributed by atoms with Gasteiger partial charge in [-0.1, -0.05) is 30.3 Å². The van der Waals surface area contributed by atoms with Crippen molar-refractivity contribution in [1.82, 2.24) is 9.80 Å². The highest BCUT2D eigenvalue weighted by molar-refractivity contribution is 5.99. The molecule has 1 fully saturated rings. The van der Waals surface area contributed by atoms with Crippen LogP contribution in [0.3, 0.4) is 0 Å². The van der Waals surface area contributed by atoms with Gasteiger partial charge >= 0.3 is 0 Å². The minimum absolute atomic E-state index is 0.0961. The number of piperazine rings is 1. The molecule has 4 rings (SSSR count). The number of amides is 2. The fourth-order valence-electron chi connectivity index (χ4n) is 4.07. The molecule has 2 amide bonds. The van der Waals surface area contributed by atoms with Gasteiger partial charge in [-0.05, 0) is 37.1 Å². The number of hydrogen-bond donors (Lipinski definition) is 0. The van der Waals surface area contributed by atoms with Crippen LogP contribution in [0.5, 0.6) is 0 Å². The van der Waals surface area contributed by atoms with Crippen LogP contribution < -0.4 is 4.90 Å². The van der Waals surface area contributed by atoms with Crippen LogP contribution >= 0.6 is 0 Å². The van der Waals surface area contributed by atoms with Gasteiger partial charge in [-0.15, -0.1) is 0 Å². The number of fused-ring (bicyclic) bond motifs is 1. The monoisotopic (exact) mass is 381 g/mol. The van der Waals surface area contributed by atoms with Gasteiger partial charge in [0.25, 0.3) is 5.91 Å². The molecule has 0 radical (unpaired) electrons. The summed E-state index contributed by atoms with van der Waals surface area (Å²) in [6.07, 6.45) is 0.888. The number of nitrogens with zero attached hydrogens (tertiary/aromatic N) is 3. The molecule has 146 valence electrons. The molecule has 2 heterocycles. The van der Waals surface area contributed by atoms with Crippen LogP contribution in [0.1, 0.15) is 22.8 Å². The smallest absolute Gasteiger partial charge is 0.256 e. The van der Waals surface area contributed by atoms with Crippen molar-refractivity contribution < 1.29 is 14.0 Å². The standard InChI is InChI=1S/C22H24FN3O2/c1-16(21(27)26-11-10-17-6-2-5-9-20(17)26)24-12-14-25(15-13-24)22(28)18-7-3-4-8-19(18)23/h2-9,16H,10-15H2,1H3/t16-/m1/s1. The van der Waals surface area contributed by atoms with E-state index >= 15 is 0 Å². The van der Waals surface area contributed by atoms with E-state index in [0.29, 0.717) is 32.7 Å². The Hall–Kier alpha value is -2.73. The molecule has 0 spiro atoms. The Morgan fingerprint density at radius 2 is 1.61 bits per heavy atom. The lowest BCUT2D eigenvalue weighted by atomic mass is 10.1. The third-order valence-electron chi connectivity index (χ3n) is 5.76. The average Bonchev–Trinajstić information content (AvgIpc) is 3.17. The molecule has 0 aromatic heterocycles.